The molecule has 0 saturated carbocycles. The van der Waals surface area contributed by atoms with Crippen molar-refractivity contribution in [1.82, 2.24) is 0 Å². The van der Waals surface area contributed by atoms with Crippen molar-refractivity contribution < 1.29 is 4.39 Å². The van der Waals surface area contributed by atoms with Gasteiger partial charge in [-0.1, -0.05) is 34.1 Å². The van der Waals surface area contributed by atoms with Crippen molar-refractivity contribution in [1.29, 1.82) is 0 Å². The molecule has 0 aromatic heterocycles. The molecule has 0 saturated heterocycles. The minimum Gasteiger partial charge on any atom is -0.377 e. The summed E-state index contributed by atoms with van der Waals surface area (Å²) >= 11 is 3.34. The first kappa shape index (κ1) is 13.1. The van der Waals surface area contributed by atoms with Gasteiger partial charge in [0.1, 0.15) is 5.82 Å². The fraction of sp³-hybridized carbons (Fsp3) is 0.143. The summed E-state index contributed by atoms with van der Waals surface area (Å²) in [5.41, 5.74) is 7.22. The molecule has 18 heavy (non-hydrogen) atoms. The molecular formula is C14H14BrFN2. The van der Waals surface area contributed by atoms with E-state index in [-0.39, 0.29) is 11.9 Å². The predicted octanol–water partition coefficient (Wildman–Crippen LogP) is 3.70. The summed E-state index contributed by atoms with van der Waals surface area (Å²) in [5, 5.41) is 3.23. The Bertz CT molecular complexity index is 516. The van der Waals surface area contributed by atoms with Crippen LogP contribution in [0.5, 0.6) is 0 Å². The van der Waals surface area contributed by atoms with Crippen LogP contribution < -0.4 is 11.1 Å². The SMILES string of the molecule is NCC(Nc1ccccc1)c1cc(Br)ccc1F. The van der Waals surface area contributed by atoms with Crippen molar-refractivity contribution in [2.75, 3.05) is 11.9 Å². The van der Waals surface area contributed by atoms with E-state index in [0.29, 0.717) is 12.1 Å². The van der Waals surface area contributed by atoms with E-state index < -0.39 is 0 Å². The maximum Gasteiger partial charge on any atom is 0.128 e. The van der Waals surface area contributed by atoms with Gasteiger partial charge in [-0.25, -0.2) is 4.39 Å². The maximum absolute atomic E-state index is 13.8. The predicted molar refractivity (Wildman–Crippen MR) is 76.0 cm³/mol. The highest BCUT2D eigenvalue weighted by Gasteiger charge is 2.14. The van der Waals surface area contributed by atoms with Gasteiger partial charge in [0.25, 0.3) is 0 Å². The number of anilines is 1. The average molecular weight is 309 g/mol. The molecule has 0 radical (unpaired) electrons. The molecule has 1 atom stereocenters. The normalized spacial score (nSPS) is 12.2. The summed E-state index contributed by atoms with van der Waals surface area (Å²) in [4.78, 5) is 0. The second-order valence-electron chi connectivity index (χ2n) is 3.96. The molecule has 0 spiro atoms. The van der Waals surface area contributed by atoms with E-state index in [0.717, 1.165) is 10.2 Å². The molecule has 2 rings (SSSR count). The van der Waals surface area contributed by atoms with Crippen LogP contribution in [-0.2, 0) is 0 Å². The molecule has 0 heterocycles. The topological polar surface area (TPSA) is 38.0 Å². The van der Waals surface area contributed by atoms with Gasteiger partial charge in [0, 0.05) is 22.3 Å². The van der Waals surface area contributed by atoms with Crippen LogP contribution in [0.1, 0.15) is 11.6 Å². The van der Waals surface area contributed by atoms with Gasteiger partial charge in [0.2, 0.25) is 0 Å². The molecule has 1 unspecified atom stereocenters. The second-order valence-corrected chi connectivity index (χ2v) is 4.88. The number of halogens is 2. The maximum atomic E-state index is 13.8. The number of nitrogens with two attached hydrogens (primary N) is 1. The highest BCUT2D eigenvalue weighted by molar-refractivity contribution is 9.10. The summed E-state index contributed by atoms with van der Waals surface area (Å²) < 4.78 is 14.6. The molecule has 3 N–H and O–H groups in total. The lowest BCUT2D eigenvalue weighted by molar-refractivity contribution is 0.593. The Balaban J connectivity index is 2.26. The van der Waals surface area contributed by atoms with Crippen LogP contribution in [-0.4, -0.2) is 6.54 Å². The Morgan fingerprint density at radius 2 is 1.89 bits per heavy atom. The lowest BCUT2D eigenvalue weighted by Crippen LogP contribution is -2.21. The number of hydrogen-bond donors (Lipinski definition) is 2. The largest absolute Gasteiger partial charge is 0.377 e. The van der Waals surface area contributed by atoms with Crippen LogP contribution in [0, 0.1) is 5.82 Å². The van der Waals surface area contributed by atoms with E-state index in [4.69, 9.17) is 5.73 Å². The quantitative estimate of drug-likeness (QED) is 0.904. The van der Waals surface area contributed by atoms with Crippen molar-refractivity contribution >= 4 is 21.6 Å². The summed E-state index contributed by atoms with van der Waals surface area (Å²) in [7, 11) is 0. The Hall–Kier alpha value is -1.39. The van der Waals surface area contributed by atoms with E-state index in [1.54, 1.807) is 12.1 Å². The van der Waals surface area contributed by atoms with Crippen LogP contribution in [0.2, 0.25) is 0 Å². The van der Waals surface area contributed by atoms with Crippen LogP contribution >= 0.6 is 15.9 Å². The fourth-order valence-electron chi connectivity index (χ4n) is 1.78. The fourth-order valence-corrected chi connectivity index (χ4v) is 2.16. The van der Waals surface area contributed by atoms with Crippen molar-refractivity contribution in [3.63, 3.8) is 0 Å². The zero-order valence-corrected chi connectivity index (χ0v) is 11.3. The molecule has 0 aliphatic carbocycles. The zero-order valence-electron chi connectivity index (χ0n) is 9.74. The second kappa shape index (κ2) is 5.98. The monoisotopic (exact) mass is 308 g/mol. The lowest BCUT2D eigenvalue weighted by atomic mass is 10.1. The van der Waals surface area contributed by atoms with Gasteiger partial charge >= 0.3 is 0 Å². The molecular weight excluding hydrogens is 295 g/mol. The number of nitrogens with one attached hydrogen (secondary N) is 1. The van der Waals surface area contributed by atoms with Crippen LogP contribution in [0.25, 0.3) is 0 Å². The molecule has 0 fully saturated rings. The van der Waals surface area contributed by atoms with Crippen molar-refractivity contribution in [2.24, 2.45) is 5.73 Å². The standard InChI is InChI=1S/C14H14BrFN2/c15-10-6-7-13(16)12(8-10)14(9-17)18-11-4-2-1-3-5-11/h1-8,14,18H,9,17H2. The van der Waals surface area contributed by atoms with Crippen molar-refractivity contribution in [3.05, 3.63) is 64.4 Å². The highest BCUT2D eigenvalue weighted by Crippen LogP contribution is 2.24. The van der Waals surface area contributed by atoms with Gasteiger partial charge in [-0.2, -0.15) is 0 Å². The van der Waals surface area contributed by atoms with E-state index in [2.05, 4.69) is 21.2 Å². The van der Waals surface area contributed by atoms with Crippen LogP contribution in [0.15, 0.2) is 53.0 Å². The summed E-state index contributed by atoms with van der Waals surface area (Å²) in [6.07, 6.45) is 0. The molecule has 0 amide bonds. The number of benzene rings is 2. The average Bonchev–Trinajstić information content (AvgIpc) is 2.40. The third-order valence-corrected chi connectivity index (χ3v) is 3.18. The number of hydrogen-bond acceptors (Lipinski definition) is 2. The third kappa shape index (κ3) is 3.09. The first-order valence-corrected chi connectivity index (χ1v) is 6.46. The number of rotatable bonds is 4. The molecule has 0 aliphatic rings. The molecule has 4 heteroatoms. The smallest absolute Gasteiger partial charge is 0.128 e. The van der Waals surface area contributed by atoms with Crippen molar-refractivity contribution in [3.8, 4) is 0 Å². The van der Waals surface area contributed by atoms with E-state index in [1.165, 1.54) is 6.07 Å². The first-order chi connectivity index (χ1) is 8.70. The Morgan fingerprint density at radius 1 is 1.17 bits per heavy atom. The minimum absolute atomic E-state index is 0.245. The molecule has 94 valence electrons. The molecule has 2 aromatic carbocycles. The molecule has 0 aliphatic heterocycles. The molecule has 0 bridgehead atoms. The highest BCUT2D eigenvalue weighted by atomic mass is 79.9. The van der Waals surface area contributed by atoms with Gasteiger partial charge in [-0.05, 0) is 30.3 Å². The Labute approximate surface area is 114 Å². The summed E-state index contributed by atoms with van der Waals surface area (Å²) in [6.45, 7) is 0.322. The van der Waals surface area contributed by atoms with Crippen LogP contribution in [0.4, 0.5) is 10.1 Å². The van der Waals surface area contributed by atoms with Crippen molar-refractivity contribution in [2.45, 2.75) is 6.04 Å². The lowest BCUT2D eigenvalue weighted by Gasteiger charge is -2.19. The zero-order chi connectivity index (χ0) is 13.0. The molecule has 2 nitrogen and oxygen atoms in total. The summed E-state index contributed by atoms with van der Waals surface area (Å²) in [5.74, 6) is -0.253. The summed E-state index contributed by atoms with van der Waals surface area (Å²) in [6, 6.07) is 14.3. The molecule has 2 aromatic rings. The van der Waals surface area contributed by atoms with Crippen LogP contribution in [0.3, 0.4) is 0 Å². The third-order valence-electron chi connectivity index (χ3n) is 2.68. The van der Waals surface area contributed by atoms with Gasteiger partial charge in [0.15, 0.2) is 0 Å². The van der Waals surface area contributed by atoms with Gasteiger partial charge in [-0.15, -0.1) is 0 Å². The van der Waals surface area contributed by atoms with Gasteiger partial charge < -0.3 is 11.1 Å². The van der Waals surface area contributed by atoms with Gasteiger partial charge in [0.05, 0.1) is 6.04 Å². The minimum atomic E-state index is -0.253. The van der Waals surface area contributed by atoms with E-state index >= 15 is 0 Å². The van der Waals surface area contributed by atoms with E-state index in [9.17, 15) is 4.39 Å². The van der Waals surface area contributed by atoms with Gasteiger partial charge in [-0.3, -0.25) is 0 Å². The Morgan fingerprint density at radius 3 is 2.56 bits per heavy atom. The first-order valence-electron chi connectivity index (χ1n) is 5.67. The van der Waals surface area contributed by atoms with E-state index in [1.807, 2.05) is 30.3 Å². The Kier molecular flexibility index (Phi) is 4.33. The number of para-hydroxylation sites is 1.